The van der Waals surface area contributed by atoms with E-state index < -0.39 is 0 Å². The zero-order chi connectivity index (χ0) is 14.7. The van der Waals surface area contributed by atoms with E-state index in [2.05, 4.69) is 0 Å². The number of hydrogen-bond donors (Lipinski definition) is 0. The zero-order valence-corrected chi connectivity index (χ0v) is 13.0. The maximum Gasteiger partial charge on any atom is 0.194 e. The first-order valence-corrected chi connectivity index (χ1v) is 7.64. The van der Waals surface area contributed by atoms with Crippen molar-refractivity contribution >= 4 is 17.5 Å². The highest BCUT2D eigenvalue weighted by Crippen LogP contribution is 2.28. The molecule has 0 unspecified atom stereocenters. The van der Waals surface area contributed by atoms with Crippen molar-refractivity contribution in [2.24, 2.45) is 0 Å². The summed E-state index contributed by atoms with van der Waals surface area (Å²) in [4.78, 5) is 13.7. The maximum atomic E-state index is 12.7. The third kappa shape index (κ3) is 2.73. The monoisotopic (exact) mass is 286 g/mol. The normalized spacial score (nSPS) is 10.4. The van der Waals surface area contributed by atoms with Crippen LogP contribution in [0.4, 0.5) is 0 Å². The van der Waals surface area contributed by atoms with Crippen LogP contribution in [0.15, 0.2) is 41.3 Å². The molecular formula is C17H18O2S. The standard InChI is InChI=1S/C17H18O2S/c1-11-9-13(10-12(2)17(11)19-3)16(18)14-7-5-6-8-15(14)20-4/h5-10H,1-4H3. The number of carbonyl (C=O) groups is 1. The van der Waals surface area contributed by atoms with E-state index in [-0.39, 0.29) is 5.78 Å². The van der Waals surface area contributed by atoms with Crippen LogP contribution in [0.2, 0.25) is 0 Å². The van der Waals surface area contributed by atoms with Crippen molar-refractivity contribution in [2.45, 2.75) is 18.7 Å². The molecule has 0 radical (unpaired) electrons. The lowest BCUT2D eigenvalue weighted by molar-refractivity contribution is 0.103. The Morgan fingerprint density at radius 1 is 1.10 bits per heavy atom. The minimum Gasteiger partial charge on any atom is -0.496 e. The third-order valence-corrected chi connectivity index (χ3v) is 4.07. The summed E-state index contributed by atoms with van der Waals surface area (Å²) in [7, 11) is 1.65. The molecule has 0 aliphatic rings. The van der Waals surface area contributed by atoms with Gasteiger partial charge in [0, 0.05) is 16.0 Å². The van der Waals surface area contributed by atoms with Crippen LogP contribution < -0.4 is 4.74 Å². The SMILES string of the molecule is COc1c(C)cc(C(=O)c2ccccc2SC)cc1C. The van der Waals surface area contributed by atoms with Gasteiger partial charge in [-0.3, -0.25) is 4.79 Å². The molecule has 0 spiro atoms. The first kappa shape index (κ1) is 14.7. The second-order valence-electron chi connectivity index (χ2n) is 4.67. The Kier molecular flexibility index (Phi) is 4.50. The van der Waals surface area contributed by atoms with Gasteiger partial charge in [0.05, 0.1) is 7.11 Å². The molecule has 2 nitrogen and oxygen atoms in total. The van der Waals surface area contributed by atoms with E-state index in [1.54, 1.807) is 18.9 Å². The number of methoxy groups -OCH3 is 1. The summed E-state index contributed by atoms with van der Waals surface area (Å²) in [5, 5.41) is 0. The Bertz CT molecular complexity index is 624. The zero-order valence-electron chi connectivity index (χ0n) is 12.2. The number of hydrogen-bond acceptors (Lipinski definition) is 3. The summed E-state index contributed by atoms with van der Waals surface area (Å²) >= 11 is 1.59. The molecule has 2 rings (SSSR count). The van der Waals surface area contributed by atoms with Gasteiger partial charge in [0.1, 0.15) is 5.75 Å². The molecular weight excluding hydrogens is 268 g/mol. The van der Waals surface area contributed by atoms with Gasteiger partial charge < -0.3 is 4.74 Å². The number of rotatable bonds is 4. The quantitative estimate of drug-likeness (QED) is 0.620. The lowest BCUT2D eigenvalue weighted by Gasteiger charge is -2.12. The molecule has 0 saturated carbocycles. The van der Waals surface area contributed by atoms with E-state index in [0.717, 1.165) is 27.3 Å². The number of carbonyl (C=O) groups excluding carboxylic acids is 1. The molecule has 0 N–H and O–H groups in total. The van der Waals surface area contributed by atoms with Crippen LogP contribution in [0.3, 0.4) is 0 Å². The molecule has 3 heteroatoms. The average Bonchev–Trinajstić information content (AvgIpc) is 2.46. The maximum absolute atomic E-state index is 12.7. The summed E-state index contributed by atoms with van der Waals surface area (Å²) in [6.07, 6.45) is 1.98. The van der Waals surface area contributed by atoms with E-state index in [4.69, 9.17) is 4.74 Å². The Hall–Kier alpha value is -1.74. The predicted octanol–water partition coefficient (Wildman–Crippen LogP) is 4.26. The minimum absolute atomic E-state index is 0.0591. The van der Waals surface area contributed by atoms with Crippen molar-refractivity contribution in [3.63, 3.8) is 0 Å². The van der Waals surface area contributed by atoms with Crippen LogP contribution in [0.25, 0.3) is 0 Å². The van der Waals surface area contributed by atoms with Gasteiger partial charge in [-0.05, 0) is 55.5 Å². The first-order chi connectivity index (χ1) is 9.58. The molecule has 0 bridgehead atoms. The number of ether oxygens (including phenoxy) is 1. The lowest BCUT2D eigenvalue weighted by atomic mass is 9.98. The van der Waals surface area contributed by atoms with Crippen molar-refractivity contribution < 1.29 is 9.53 Å². The smallest absolute Gasteiger partial charge is 0.194 e. The van der Waals surface area contributed by atoms with E-state index in [1.165, 1.54) is 0 Å². The van der Waals surface area contributed by atoms with Crippen molar-refractivity contribution in [3.05, 3.63) is 58.7 Å². The van der Waals surface area contributed by atoms with Crippen LogP contribution in [0, 0.1) is 13.8 Å². The van der Waals surface area contributed by atoms with Gasteiger partial charge in [-0.1, -0.05) is 12.1 Å². The summed E-state index contributed by atoms with van der Waals surface area (Å²) in [5.41, 5.74) is 3.43. The summed E-state index contributed by atoms with van der Waals surface area (Å²) in [6.45, 7) is 3.92. The van der Waals surface area contributed by atoms with Crippen LogP contribution >= 0.6 is 11.8 Å². The van der Waals surface area contributed by atoms with Crippen LogP contribution in [0.5, 0.6) is 5.75 Å². The Balaban J connectivity index is 2.49. The summed E-state index contributed by atoms with van der Waals surface area (Å²) < 4.78 is 5.35. The number of thioether (sulfide) groups is 1. The number of ketones is 1. The molecule has 0 aromatic heterocycles. The molecule has 20 heavy (non-hydrogen) atoms. The van der Waals surface area contributed by atoms with Crippen LogP contribution in [-0.2, 0) is 0 Å². The summed E-state index contributed by atoms with van der Waals surface area (Å²) in [5.74, 6) is 0.906. The van der Waals surface area contributed by atoms with E-state index in [9.17, 15) is 4.79 Å². The number of benzene rings is 2. The highest BCUT2D eigenvalue weighted by Gasteiger charge is 2.15. The fraction of sp³-hybridized carbons (Fsp3) is 0.235. The molecule has 0 fully saturated rings. The largest absolute Gasteiger partial charge is 0.496 e. The van der Waals surface area contributed by atoms with Gasteiger partial charge in [-0.25, -0.2) is 0 Å². The van der Waals surface area contributed by atoms with Crippen molar-refractivity contribution in [3.8, 4) is 5.75 Å². The molecule has 0 heterocycles. The van der Waals surface area contributed by atoms with Crippen molar-refractivity contribution in [1.29, 1.82) is 0 Å². The van der Waals surface area contributed by atoms with Gasteiger partial charge in [-0.15, -0.1) is 11.8 Å². The van der Waals surface area contributed by atoms with E-state index >= 15 is 0 Å². The molecule has 0 saturated heterocycles. The molecule has 0 amide bonds. The third-order valence-electron chi connectivity index (χ3n) is 3.28. The highest BCUT2D eigenvalue weighted by molar-refractivity contribution is 7.98. The predicted molar refractivity (Wildman–Crippen MR) is 84.1 cm³/mol. The first-order valence-electron chi connectivity index (χ1n) is 6.41. The van der Waals surface area contributed by atoms with Crippen molar-refractivity contribution in [1.82, 2.24) is 0 Å². The minimum atomic E-state index is 0.0591. The van der Waals surface area contributed by atoms with E-state index in [1.807, 2.05) is 56.5 Å². The molecule has 2 aromatic carbocycles. The average molecular weight is 286 g/mol. The Morgan fingerprint density at radius 3 is 2.25 bits per heavy atom. The second-order valence-corrected chi connectivity index (χ2v) is 5.52. The van der Waals surface area contributed by atoms with Gasteiger partial charge in [0.2, 0.25) is 0 Å². The topological polar surface area (TPSA) is 26.3 Å². The van der Waals surface area contributed by atoms with Gasteiger partial charge in [0.15, 0.2) is 5.78 Å². The molecule has 0 aliphatic carbocycles. The van der Waals surface area contributed by atoms with Gasteiger partial charge in [0.25, 0.3) is 0 Å². The van der Waals surface area contributed by atoms with Gasteiger partial charge >= 0.3 is 0 Å². The van der Waals surface area contributed by atoms with Gasteiger partial charge in [-0.2, -0.15) is 0 Å². The number of aryl methyl sites for hydroxylation is 2. The van der Waals surface area contributed by atoms with Crippen LogP contribution in [-0.4, -0.2) is 19.1 Å². The molecule has 104 valence electrons. The highest BCUT2D eigenvalue weighted by atomic mass is 32.2. The Morgan fingerprint density at radius 2 is 1.70 bits per heavy atom. The Labute approximate surface area is 124 Å². The fourth-order valence-electron chi connectivity index (χ4n) is 2.39. The molecule has 2 aromatic rings. The van der Waals surface area contributed by atoms with Crippen molar-refractivity contribution in [2.75, 3.05) is 13.4 Å². The molecule has 0 atom stereocenters. The van der Waals surface area contributed by atoms with E-state index in [0.29, 0.717) is 5.56 Å². The molecule has 0 aliphatic heterocycles. The fourth-order valence-corrected chi connectivity index (χ4v) is 2.99. The lowest BCUT2D eigenvalue weighted by Crippen LogP contribution is -2.05. The second kappa shape index (κ2) is 6.14. The summed E-state index contributed by atoms with van der Waals surface area (Å²) in [6, 6.07) is 11.5. The van der Waals surface area contributed by atoms with Crippen LogP contribution in [0.1, 0.15) is 27.0 Å².